The van der Waals surface area contributed by atoms with E-state index in [1.807, 2.05) is 0 Å². The van der Waals surface area contributed by atoms with Crippen molar-refractivity contribution in [2.45, 2.75) is 25.6 Å². The highest BCUT2D eigenvalue weighted by molar-refractivity contribution is 5.89. The molecule has 2 heterocycles. The van der Waals surface area contributed by atoms with Crippen LogP contribution in [0.4, 0.5) is 0 Å². The molecule has 2 aromatic rings. The Kier molecular flexibility index (Phi) is 3.46. The lowest BCUT2D eigenvalue weighted by atomic mass is 10.0. The van der Waals surface area contributed by atoms with Crippen molar-refractivity contribution in [1.29, 1.82) is 0 Å². The molecule has 3 rings (SSSR count). The SMILES string of the molecule is CC(C)(O)C(O)COc1cc2oc(=O)ccc2c2c1OCO2. The van der Waals surface area contributed by atoms with Crippen LogP contribution in [0.15, 0.2) is 27.4 Å². The van der Waals surface area contributed by atoms with Gasteiger partial charge in [-0.3, -0.25) is 0 Å². The molecule has 0 spiro atoms. The first kappa shape index (κ1) is 14.7. The normalized spacial score (nSPS) is 15.1. The molecule has 22 heavy (non-hydrogen) atoms. The van der Waals surface area contributed by atoms with E-state index in [2.05, 4.69) is 0 Å². The summed E-state index contributed by atoms with van der Waals surface area (Å²) in [7, 11) is 0. The van der Waals surface area contributed by atoms with E-state index in [0.717, 1.165) is 0 Å². The average molecular weight is 308 g/mol. The second kappa shape index (κ2) is 5.19. The Morgan fingerprint density at radius 3 is 2.77 bits per heavy atom. The van der Waals surface area contributed by atoms with Crippen LogP contribution in [0.25, 0.3) is 11.0 Å². The summed E-state index contributed by atoms with van der Waals surface area (Å²) in [5.74, 6) is 1.08. The lowest BCUT2D eigenvalue weighted by molar-refractivity contribution is -0.0664. The molecule has 0 fully saturated rings. The number of aliphatic hydroxyl groups excluding tert-OH is 1. The molecule has 0 saturated heterocycles. The molecule has 2 N–H and O–H groups in total. The molecule has 0 amide bonds. The predicted octanol–water partition coefficient (Wildman–Crippen LogP) is 1.03. The highest BCUT2D eigenvalue weighted by atomic mass is 16.7. The van der Waals surface area contributed by atoms with Crippen molar-refractivity contribution in [3.8, 4) is 17.2 Å². The Hall–Kier alpha value is -2.25. The predicted molar refractivity (Wildman–Crippen MR) is 76.4 cm³/mol. The van der Waals surface area contributed by atoms with Crippen LogP contribution >= 0.6 is 0 Å². The maximum absolute atomic E-state index is 11.3. The Bertz CT molecular complexity index is 757. The van der Waals surface area contributed by atoms with Crippen LogP contribution in [-0.2, 0) is 0 Å². The van der Waals surface area contributed by atoms with E-state index in [1.54, 1.807) is 6.07 Å². The molecule has 1 atom stereocenters. The monoisotopic (exact) mass is 308 g/mol. The lowest BCUT2D eigenvalue weighted by Crippen LogP contribution is -2.40. The third kappa shape index (κ3) is 2.60. The molecular weight excluding hydrogens is 292 g/mol. The Morgan fingerprint density at radius 1 is 1.32 bits per heavy atom. The van der Waals surface area contributed by atoms with E-state index >= 15 is 0 Å². The zero-order valence-electron chi connectivity index (χ0n) is 12.2. The van der Waals surface area contributed by atoms with Gasteiger partial charge in [0.2, 0.25) is 12.5 Å². The van der Waals surface area contributed by atoms with Gasteiger partial charge >= 0.3 is 5.63 Å². The molecule has 1 aliphatic heterocycles. The van der Waals surface area contributed by atoms with Crippen LogP contribution < -0.4 is 19.8 Å². The molecule has 1 aromatic carbocycles. The van der Waals surface area contributed by atoms with Gasteiger partial charge in [0.25, 0.3) is 0 Å². The average Bonchev–Trinajstić information content (AvgIpc) is 2.92. The van der Waals surface area contributed by atoms with Crippen molar-refractivity contribution in [2.75, 3.05) is 13.4 Å². The minimum absolute atomic E-state index is 0.0258. The minimum Gasteiger partial charge on any atom is -0.487 e. The van der Waals surface area contributed by atoms with Gasteiger partial charge in [-0.25, -0.2) is 4.79 Å². The van der Waals surface area contributed by atoms with Crippen molar-refractivity contribution in [3.05, 3.63) is 28.6 Å². The van der Waals surface area contributed by atoms with Gasteiger partial charge in [-0.15, -0.1) is 0 Å². The molecule has 0 radical (unpaired) electrons. The summed E-state index contributed by atoms with van der Waals surface area (Å²) in [4.78, 5) is 11.3. The molecule has 0 aliphatic carbocycles. The third-order valence-corrected chi connectivity index (χ3v) is 3.42. The highest BCUT2D eigenvalue weighted by Crippen LogP contribution is 2.46. The molecule has 1 aliphatic rings. The second-order valence-corrected chi connectivity index (χ2v) is 5.59. The molecule has 7 nitrogen and oxygen atoms in total. The number of aliphatic hydroxyl groups is 2. The van der Waals surface area contributed by atoms with Gasteiger partial charge in [0, 0.05) is 12.1 Å². The molecule has 1 unspecified atom stereocenters. The summed E-state index contributed by atoms with van der Waals surface area (Å²) in [6, 6.07) is 4.38. The first-order chi connectivity index (χ1) is 10.4. The van der Waals surface area contributed by atoms with E-state index < -0.39 is 17.3 Å². The first-order valence-electron chi connectivity index (χ1n) is 6.76. The van der Waals surface area contributed by atoms with Gasteiger partial charge in [0.05, 0.1) is 11.0 Å². The Labute approximate surface area is 125 Å². The van der Waals surface area contributed by atoms with Crippen LogP contribution in [0.2, 0.25) is 0 Å². The van der Waals surface area contributed by atoms with E-state index in [4.69, 9.17) is 18.6 Å². The van der Waals surface area contributed by atoms with Crippen molar-refractivity contribution >= 4 is 11.0 Å². The van der Waals surface area contributed by atoms with Gasteiger partial charge < -0.3 is 28.8 Å². The standard InChI is InChI=1S/C15H16O7/c1-15(2,18)11(16)6-19-10-5-9-8(3-4-12(17)22-9)13-14(10)21-7-20-13/h3-5,11,16,18H,6-7H2,1-2H3. The van der Waals surface area contributed by atoms with E-state index in [9.17, 15) is 15.0 Å². The maximum Gasteiger partial charge on any atom is 0.336 e. The number of hydrogen-bond acceptors (Lipinski definition) is 7. The van der Waals surface area contributed by atoms with Crippen LogP contribution in [-0.4, -0.2) is 35.3 Å². The zero-order chi connectivity index (χ0) is 15.9. The van der Waals surface area contributed by atoms with Crippen molar-refractivity contribution in [3.63, 3.8) is 0 Å². The van der Waals surface area contributed by atoms with E-state index in [0.29, 0.717) is 22.5 Å². The summed E-state index contributed by atoms with van der Waals surface area (Å²) in [5.41, 5.74) is -1.50. The van der Waals surface area contributed by atoms with Crippen LogP contribution in [0.1, 0.15) is 13.8 Å². The van der Waals surface area contributed by atoms with Crippen LogP contribution in [0.3, 0.4) is 0 Å². The largest absolute Gasteiger partial charge is 0.487 e. The summed E-state index contributed by atoms with van der Waals surface area (Å²) < 4.78 is 21.4. The van der Waals surface area contributed by atoms with Crippen LogP contribution in [0.5, 0.6) is 17.2 Å². The van der Waals surface area contributed by atoms with Crippen molar-refractivity contribution in [1.82, 2.24) is 0 Å². The van der Waals surface area contributed by atoms with Gasteiger partial charge in [0.15, 0.2) is 11.5 Å². The van der Waals surface area contributed by atoms with E-state index in [1.165, 1.54) is 26.0 Å². The molecule has 1 aromatic heterocycles. The Balaban J connectivity index is 1.98. The van der Waals surface area contributed by atoms with E-state index in [-0.39, 0.29) is 19.1 Å². The topological polar surface area (TPSA) is 98.4 Å². The molecule has 118 valence electrons. The fourth-order valence-electron chi connectivity index (χ4n) is 2.05. The smallest absolute Gasteiger partial charge is 0.336 e. The van der Waals surface area contributed by atoms with Crippen molar-refractivity contribution in [2.24, 2.45) is 0 Å². The molecular formula is C15H16O7. The number of fused-ring (bicyclic) bond motifs is 3. The first-order valence-corrected chi connectivity index (χ1v) is 6.76. The summed E-state index contributed by atoms with van der Waals surface area (Å²) in [5, 5.41) is 20.2. The fraction of sp³-hybridized carbons (Fsp3) is 0.400. The molecule has 0 saturated carbocycles. The quantitative estimate of drug-likeness (QED) is 0.814. The maximum atomic E-state index is 11.3. The second-order valence-electron chi connectivity index (χ2n) is 5.59. The fourth-order valence-corrected chi connectivity index (χ4v) is 2.05. The third-order valence-electron chi connectivity index (χ3n) is 3.42. The number of rotatable bonds is 4. The summed E-state index contributed by atoms with van der Waals surface area (Å²) >= 11 is 0. The lowest BCUT2D eigenvalue weighted by Gasteiger charge is -2.24. The molecule has 0 bridgehead atoms. The van der Waals surface area contributed by atoms with Gasteiger partial charge in [-0.1, -0.05) is 0 Å². The van der Waals surface area contributed by atoms with Gasteiger partial charge in [-0.2, -0.15) is 0 Å². The summed E-state index contributed by atoms with van der Waals surface area (Å²) in [6.07, 6.45) is -1.09. The Morgan fingerprint density at radius 2 is 2.05 bits per heavy atom. The number of hydrogen-bond donors (Lipinski definition) is 2. The minimum atomic E-state index is -1.30. The van der Waals surface area contributed by atoms with Gasteiger partial charge in [-0.05, 0) is 19.9 Å². The van der Waals surface area contributed by atoms with Crippen molar-refractivity contribution < 1.29 is 28.8 Å². The zero-order valence-corrected chi connectivity index (χ0v) is 12.2. The number of ether oxygens (including phenoxy) is 3. The summed E-state index contributed by atoms with van der Waals surface area (Å²) in [6.45, 7) is 2.83. The van der Waals surface area contributed by atoms with Crippen LogP contribution in [0, 0.1) is 0 Å². The highest BCUT2D eigenvalue weighted by Gasteiger charge is 2.28. The molecule has 7 heteroatoms. The number of benzene rings is 1. The van der Waals surface area contributed by atoms with Gasteiger partial charge in [0.1, 0.15) is 18.3 Å².